The van der Waals surface area contributed by atoms with Crippen molar-refractivity contribution in [3.8, 4) is 0 Å². The third kappa shape index (κ3) is 2.20. The molecule has 2 aromatic rings. The Morgan fingerprint density at radius 3 is 2.95 bits per heavy atom. The number of benzene rings is 1. The van der Waals surface area contributed by atoms with Gasteiger partial charge in [-0.25, -0.2) is 0 Å². The van der Waals surface area contributed by atoms with Crippen molar-refractivity contribution < 1.29 is 4.79 Å². The Labute approximate surface area is 123 Å². The summed E-state index contributed by atoms with van der Waals surface area (Å²) >= 11 is 1.79. The minimum absolute atomic E-state index is 0.0738. The number of hydrogen-bond donors (Lipinski definition) is 1. The molecule has 3 nitrogen and oxygen atoms in total. The van der Waals surface area contributed by atoms with Crippen LogP contribution < -0.4 is 5.73 Å². The van der Waals surface area contributed by atoms with Gasteiger partial charge in [-0.05, 0) is 61.0 Å². The van der Waals surface area contributed by atoms with E-state index < -0.39 is 0 Å². The molecule has 1 aliphatic heterocycles. The topological polar surface area (TPSA) is 46.3 Å². The van der Waals surface area contributed by atoms with Crippen molar-refractivity contribution in [2.75, 3.05) is 12.3 Å². The second kappa shape index (κ2) is 4.94. The van der Waals surface area contributed by atoms with Crippen LogP contribution in [-0.4, -0.2) is 17.4 Å². The van der Waals surface area contributed by atoms with Crippen molar-refractivity contribution in [3.05, 3.63) is 51.2 Å². The van der Waals surface area contributed by atoms with Crippen molar-refractivity contribution in [1.82, 2.24) is 4.90 Å². The quantitative estimate of drug-likeness (QED) is 0.817. The molecule has 2 N–H and O–H groups in total. The number of anilines is 1. The maximum Gasteiger partial charge on any atom is 0.254 e. The normalized spacial score (nSPS) is 17.9. The third-order valence-electron chi connectivity index (χ3n) is 3.88. The van der Waals surface area contributed by atoms with Crippen LogP contribution in [0.4, 0.5) is 5.69 Å². The van der Waals surface area contributed by atoms with Crippen molar-refractivity contribution in [2.24, 2.45) is 0 Å². The first kappa shape index (κ1) is 13.2. The molecule has 2 heterocycles. The summed E-state index contributed by atoms with van der Waals surface area (Å²) in [5.41, 5.74) is 9.50. The van der Waals surface area contributed by atoms with E-state index in [0.717, 1.165) is 18.5 Å². The van der Waals surface area contributed by atoms with Gasteiger partial charge in [0.25, 0.3) is 5.91 Å². The molecule has 4 heteroatoms. The predicted molar refractivity (Wildman–Crippen MR) is 83.1 cm³/mol. The second-order valence-corrected chi connectivity index (χ2v) is 6.36. The zero-order chi connectivity index (χ0) is 14.3. The van der Waals surface area contributed by atoms with E-state index in [4.69, 9.17) is 5.73 Å². The number of rotatable bonds is 1. The van der Waals surface area contributed by atoms with Crippen molar-refractivity contribution >= 4 is 22.9 Å². The summed E-state index contributed by atoms with van der Waals surface area (Å²) in [5.74, 6) is 0.0738. The molecular weight excluding hydrogens is 268 g/mol. The van der Waals surface area contributed by atoms with Gasteiger partial charge in [-0.3, -0.25) is 4.79 Å². The van der Waals surface area contributed by atoms with Crippen LogP contribution >= 0.6 is 11.3 Å². The van der Waals surface area contributed by atoms with E-state index in [1.165, 1.54) is 10.4 Å². The number of fused-ring (bicyclic) bond motifs is 1. The van der Waals surface area contributed by atoms with E-state index in [9.17, 15) is 4.79 Å². The molecule has 0 bridgehead atoms. The standard InChI is InChI=1S/C16H18N2OS/c1-10-7-12(9-13(17)8-10)16(19)18-5-3-15-14(11(18)2)4-6-20-15/h4,6-9,11H,3,5,17H2,1-2H3. The number of carbonyl (C=O) groups is 1. The maximum atomic E-state index is 12.7. The average molecular weight is 286 g/mol. The molecule has 1 aromatic carbocycles. The first-order valence-corrected chi connectivity index (χ1v) is 7.68. The van der Waals surface area contributed by atoms with Crippen molar-refractivity contribution in [3.63, 3.8) is 0 Å². The third-order valence-corrected chi connectivity index (χ3v) is 4.88. The van der Waals surface area contributed by atoms with Gasteiger partial charge in [-0.2, -0.15) is 0 Å². The Morgan fingerprint density at radius 1 is 1.40 bits per heavy atom. The summed E-state index contributed by atoms with van der Waals surface area (Å²) in [4.78, 5) is 16.1. The monoisotopic (exact) mass is 286 g/mol. The summed E-state index contributed by atoms with van der Waals surface area (Å²) in [6, 6.07) is 7.83. The van der Waals surface area contributed by atoms with Crippen LogP contribution in [0.15, 0.2) is 29.6 Å². The van der Waals surface area contributed by atoms with Crippen LogP contribution in [0.5, 0.6) is 0 Å². The average Bonchev–Trinajstić information content (AvgIpc) is 2.86. The van der Waals surface area contributed by atoms with Crippen LogP contribution in [0, 0.1) is 6.92 Å². The van der Waals surface area contributed by atoms with Crippen LogP contribution in [0.2, 0.25) is 0 Å². The molecule has 1 aliphatic rings. The number of carbonyl (C=O) groups excluding carboxylic acids is 1. The largest absolute Gasteiger partial charge is 0.399 e. The highest BCUT2D eigenvalue weighted by Gasteiger charge is 2.29. The number of thiophene rings is 1. The van der Waals surface area contributed by atoms with E-state index in [1.54, 1.807) is 17.4 Å². The summed E-state index contributed by atoms with van der Waals surface area (Å²) in [5, 5.41) is 2.11. The second-order valence-electron chi connectivity index (χ2n) is 5.36. The van der Waals surface area contributed by atoms with Gasteiger partial charge in [0.1, 0.15) is 0 Å². The number of nitrogen functional groups attached to an aromatic ring is 1. The van der Waals surface area contributed by atoms with Crippen molar-refractivity contribution in [1.29, 1.82) is 0 Å². The molecule has 0 radical (unpaired) electrons. The molecule has 0 saturated carbocycles. The Hall–Kier alpha value is -1.81. The number of nitrogens with zero attached hydrogens (tertiary/aromatic N) is 1. The molecule has 0 fully saturated rings. The first-order valence-electron chi connectivity index (χ1n) is 6.80. The van der Waals surface area contributed by atoms with Gasteiger partial charge in [0.15, 0.2) is 0 Å². The highest BCUT2D eigenvalue weighted by atomic mass is 32.1. The fraction of sp³-hybridized carbons (Fsp3) is 0.312. The molecule has 104 valence electrons. The number of nitrogens with two attached hydrogens (primary N) is 1. The molecular formula is C16H18N2OS. The minimum Gasteiger partial charge on any atom is -0.399 e. The van der Waals surface area contributed by atoms with Gasteiger partial charge in [0.2, 0.25) is 0 Å². The van der Waals surface area contributed by atoms with Gasteiger partial charge >= 0.3 is 0 Å². The Kier molecular flexibility index (Phi) is 3.26. The molecule has 20 heavy (non-hydrogen) atoms. The maximum absolute atomic E-state index is 12.7. The molecule has 1 atom stereocenters. The van der Waals surface area contributed by atoms with E-state index >= 15 is 0 Å². The van der Waals surface area contributed by atoms with Crippen LogP contribution in [-0.2, 0) is 6.42 Å². The lowest BCUT2D eigenvalue weighted by Gasteiger charge is -2.33. The summed E-state index contributed by atoms with van der Waals surface area (Å²) in [6.07, 6.45) is 0.949. The molecule has 1 amide bonds. The lowest BCUT2D eigenvalue weighted by atomic mass is 10.00. The van der Waals surface area contributed by atoms with Gasteiger partial charge in [0, 0.05) is 22.7 Å². The SMILES string of the molecule is Cc1cc(N)cc(C(=O)N2CCc3sccc3C2C)c1. The summed E-state index contributed by atoms with van der Waals surface area (Å²) < 4.78 is 0. The Bertz CT molecular complexity index is 642. The number of hydrogen-bond acceptors (Lipinski definition) is 3. The number of aryl methyl sites for hydroxylation is 1. The number of amides is 1. The van der Waals surface area contributed by atoms with E-state index in [0.29, 0.717) is 11.3 Å². The zero-order valence-corrected chi connectivity index (χ0v) is 12.5. The smallest absolute Gasteiger partial charge is 0.254 e. The highest BCUT2D eigenvalue weighted by Crippen LogP contribution is 2.33. The van der Waals surface area contributed by atoms with Crippen LogP contribution in [0.1, 0.15) is 39.3 Å². The molecule has 1 unspecified atom stereocenters. The minimum atomic E-state index is 0.0738. The Balaban J connectivity index is 1.92. The Morgan fingerprint density at radius 2 is 2.20 bits per heavy atom. The fourth-order valence-corrected chi connectivity index (χ4v) is 3.85. The van der Waals surface area contributed by atoms with Gasteiger partial charge in [-0.1, -0.05) is 0 Å². The molecule has 0 saturated heterocycles. The molecule has 3 rings (SSSR count). The van der Waals surface area contributed by atoms with Crippen molar-refractivity contribution in [2.45, 2.75) is 26.3 Å². The van der Waals surface area contributed by atoms with E-state index in [1.807, 2.05) is 24.0 Å². The molecule has 0 spiro atoms. The highest BCUT2D eigenvalue weighted by molar-refractivity contribution is 7.10. The van der Waals surface area contributed by atoms with Gasteiger partial charge in [-0.15, -0.1) is 11.3 Å². The summed E-state index contributed by atoms with van der Waals surface area (Å²) in [7, 11) is 0. The lowest BCUT2D eigenvalue weighted by molar-refractivity contribution is 0.0679. The summed E-state index contributed by atoms with van der Waals surface area (Å²) in [6.45, 7) is 4.84. The van der Waals surface area contributed by atoms with Gasteiger partial charge in [0.05, 0.1) is 6.04 Å². The van der Waals surface area contributed by atoms with Gasteiger partial charge < -0.3 is 10.6 Å². The van der Waals surface area contributed by atoms with E-state index in [-0.39, 0.29) is 11.9 Å². The lowest BCUT2D eigenvalue weighted by Crippen LogP contribution is -2.38. The molecule has 1 aromatic heterocycles. The van der Waals surface area contributed by atoms with Crippen LogP contribution in [0.25, 0.3) is 0 Å². The fourth-order valence-electron chi connectivity index (χ4n) is 2.89. The van der Waals surface area contributed by atoms with Crippen LogP contribution in [0.3, 0.4) is 0 Å². The zero-order valence-electron chi connectivity index (χ0n) is 11.7. The molecule has 0 aliphatic carbocycles. The first-order chi connectivity index (χ1) is 9.56. The van der Waals surface area contributed by atoms with E-state index in [2.05, 4.69) is 18.4 Å². The predicted octanol–water partition coefficient (Wildman–Crippen LogP) is 3.40.